The summed E-state index contributed by atoms with van der Waals surface area (Å²) in [6.07, 6.45) is 1.27. The zero-order chi connectivity index (χ0) is 12.6. The third-order valence-electron chi connectivity index (χ3n) is 3.47. The number of aromatic nitrogens is 2. The second-order valence-electron chi connectivity index (χ2n) is 5.10. The van der Waals surface area contributed by atoms with Gasteiger partial charge in [-0.15, -0.1) is 0 Å². The lowest BCUT2D eigenvalue weighted by molar-refractivity contribution is -0.00205. The van der Waals surface area contributed by atoms with Crippen LogP contribution in [0.15, 0.2) is 0 Å². The van der Waals surface area contributed by atoms with Crippen molar-refractivity contribution in [1.29, 1.82) is 0 Å². The van der Waals surface area contributed by atoms with Gasteiger partial charge >= 0.3 is 0 Å². The second kappa shape index (κ2) is 4.14. The van der Waals surface area contributed by atoms with Crippen molar-refractivity contribution in [3.8, 4) is 0 Å². The van der Waals surface area contributed by atoms with Crippen molar-refractivity contribution in [2.45, 2.75) is 39.2 Å². The fraction of sp³-hybridized carbons (Fsp3) is 0.667. The van der Waals surface area contributed by atoms with Crippen LogP contribution < -0.4 is 0 Å². The number of piperidine rings is 1. The number of aryl methyl sites for hydroxylation is 2. The lowest BCUT2D eigenvalue weighted by atomic mass is 9.93. The van der Waals surface area contributed by atoms with E-state index in [0.717, 1.165) is 11.4 Å². The van der Waals surface area contributed by atoms with Crippen LogP contribution in [0.3, 0.4) is 0 Å². The molecule has 1 aromatic heterocycles. The van der Waals surface area contributed by atoms with E-state index in [1.54, 1.807) is 4.90 Å². The highest BCUT2D eigenvalue weighted by molar-refractivity contribution is 5.96. The van der Waals surface area contributed by atoms with E-state index in [1.807, 2.05) is 20.8 Å². The number of carbonyl (C=O) groups excluding carboxylic acids is 1. The molecule has 0 aliphatic carbocycles. The standard InChI is InChI=1S/C12H19N3O2/c1-8-10(9(2)14-13-8)11(16)15-6-4-12(3,17)5-7-15/h17H,4-7H2,1-3H3,(H,13,14). The van der Waals surface area contributed by atoms with E-state index < -0.39 is 5.60 Å². The Bertz CT molecular complexity index is 407. The Morgan fingerprint density at radius 3 is 2.47 bits per heavy atom. The summed E-state index contributed by atoms with van der Waals surface area (Å²) in [5, 5.41) is 16.7. The first kappa shape index (κ1) is 12.1. The highest BCUT2D eigenvalue weighted by Gasteiger charge is 2.31. The molecule has 1 aliphatic heterocycles. The van der Waals surface area contributed by atoms with Crippen LogP contribution in [0.4, 0.5) is 0 Å². The van der Waals surface area contributed by atoms with Gasteiger partial charge < -0.3 is 10.0 Å². The lowest BCUT2D eigenvalue weighted by Crippen LogP contribution is -2.45. The fourth-order valence-corrected chi connectivity index (χ4v) is 2.22. The van der Waals surface area contributed by atoms with Crippen LogP contribution in [0.25, 0.3) is 0 Å². The first-order valence-electron chi connectivity index (χ1n) is 5.94. The number of nitrogens with one attached hydrogen (secondary N) is 1. The Morgan fingerprint density at radius 2 is 2.00 bits per heavy atom. The number of nitrogens with zero attached hydrogens (tertiary/aromatic N) is 2. The van der Waals surface area contributed by atoms with Crippen LogP contribution in [0, 0.1) is 13.8 Å². The zero-order valence-electron chi connectivity index (χ0n) is 10.6. The summed E-state index contributed by atoms with van der Waals surface area (Å²) < 4.78 is 0. The zero-order valence-corrected chi connectivity index (χ0v) is 10.6. The summed E-state index contributed by atoms with van der Waals surface area (Å²) >= 11 is 0. The highest BCUT2D eigenvalue weighted by atomic mass is 16.3. The Kier molecular flexibility index (Phi) is 2.95. The van der Waals surface area contributed by atoms with E-state index in [4.69, 9.17) is 0 Å². The van der Waals surface area contributed by atoms with Gasteiger partial charge in [0.15, 0.2) is 0 Å². The maximum atomic E-state index is 12.3. The first-order chi connectivity index (χ1) is 7.91. The van der Waals surface area contributed by atoms with Gasteiger partial charge in [-0.05, 0) is 33.6 Å². The quantitative estimate of drug-likeness (QED) is 0.766. The van der Waals surface area contributed by atoms with Gasteiger partial charge in [0.25, 0.3) is 5.91 Å². The minimum Gasteiger partial charge on any atom is -0.390 e. The summed E-state index contributed by atoms with van der Waals surface area (Å²) in [5.74, 6) is 0.0178. The van der Waals surface area contributed by atoms with Crippen molar-refractivity contribution < 1.29 is 9.90 Å². The van der Waals surface area contributed by atoms with Gasteiger partial charge in [0, 0.05) is 18.8 Å². The first-order valence-corrected chi connectivity index (χ1v) is 5.94. The molecule has 0 bridgehead atoms. The number of hydrogen-bond acceptors (Lipinski definition) is 3. The van der Waals surface area contributed by atoms with Gasteiger partial charge in [0.05, 0.1) is 16.9 Å². The van der Waals surface area contributed by atoms with Crippen molar-refractivity contribution in [3.63, 3.8) is 0 Å². The number of likely N-dealkylation sites (tertiary alicyclic amines) is 1. The molecule has 1 fully saturated rings. The molecule has 0 spiro atoms. The molecule has 0 aromatic carbocycles. The molecular formula is C12H19N3O2. The number of aliphatic hydroxyl groups is 1. The van der Waals surface area contributed by atoms with Gasteiger partial charge in [0.2, 0.25) is 0 Å². The number of carbonyl (C=O) groups is 1. The Labute approximate surface area is 101 Å². The predicted octanol–water partition coefficient (Wildman–Crippen LogP) is 1.01. The Hall–Kier alpha value is -1.36. The van der Waals surface area contributed by atoms with E-state index in [1.165, 1.54) is 0 Å². The van der Waals surface area contributed by atoms with E-state index >= 15 is 0 Å². The molecule has 1 amide bonds. The van der Waals surface area contributed by atoms with Gasteiger partial charge in [-0.3, -0.25) is 9.89 Å². The molecule has 2 N–H and O–H groups in total. The van der Waals surface area contributed by atoms with Crippen LogP contribution in [0.1, 0.15) is 41.5 Å². The molecule has 2 rings (SSSR count). The predicted molar refractivity (Wildman–Crippen MR) is 63.8 cm³/mol. The van der Waals surface area contributed by atoms with Crippen LogP contribution in [0.5, 0.6) is 0 Å². The maximum absolute atomic E-state index is 12.3. The van der Waals surface area contributed by atoms with Crippen LogP contribution in [-0.2, 0) is 0 Å². The summed E-state index contributed by atoms with van der Waals surface area (Å²) in [6, 6.07) is 0. The molecule has 5 heteroatoms. The van der Waals surface area contributed by atoms with Crippen LogP contribution in [-0.4, -0.2) is 44.8 Å². The molecule has 94 valence electrons. The topological polar surface area (TPSA) is 69.2 Å². The molecule has 0 atom stereocenters. The molecule has 2 heterocycles. The monoisotopic (exact) mass is 237 g/mol. The summed E-state index contributed by atoms with van der Waals surface area (Å²) in [5.41, 5.74) is 1.60. The highest BCUT2D eigenvalue weighted by Crippen LogP contribution is 2.23. The van der Waals surface area contributed by atoms with Crippen molar-refractivity contribution in [2.75, 3.05) is 13.1 Å². The molecule has 0 unspecified atom stereocenters. The molecule has 1 aliphatic rings. The molecule has 1 saturated heterocycles. The summed E-state index contributed by atoms with van der Waals surface area (Å²) in [6.45, 7) is 6.72. The Morgan fingerprint density at radius 1 is 1.41 bits per heavy atom. The fourth-order valence-electron chi connectivity index (χ4n) is 2.22. The van der Waals surface area contributed by atoms with Gasteiger partial charge in [-0.25, -0.2) is 0 Å². The van der Waals surface area contributed by atoms with E-state index in [9.17, 15) is 9.90 Å². The third-order valence-corrected chi connectivity index (χ3v) is 3.47. The number of H-pyrrole nitrogens is 1. The SMILES string of the molecule is Cc1n[nH]c(C)c1C(=O)N1CCC(C)(O)CC1. The van der Waals surface area contributed by atoms with Crippen molar-refractivity contribution >= 4 is 5.91 Å². The molecule has 5 nitrogen and oxygen atoms in total. The van der Waals surface area contributed by atoms with Gasteiger partial charge in [-0.2, -0.15) is 5.10 Å². The van der Waals surface area contributed by atoms with Gasteiger partial charge in [-0.1, -0.05) is 0 Å². The average molecular weight is 237 g/mol. The van der Waals surface area contributed by atoms with Crippen molar-refractivity contribution in [2.24, 2.45) is 0 Å². The average Bonchev–Trinajstić information content (AvgIpc) is 2.58. The summed E-state index contributed by atoms with van der Waals surface area (Å²) in [4.78, 5) is 14.1. The van der Waals surface area contributed by atoms with E-state index in [2.05, 4.69) is 10.2 Å². The molecule has 0 saturated carbocycles. The molecular weight excluding hydrogens is 218 g/mol. The number of rotatable bonds is 1. The Balaban J connectivity index is 2.12. The number of amides is 1. The molecule has 1 aromatic rings. The van der Waals surface area contributed by atoms with E-state index in [-0.39, 0.29) is 5.91 Å². The summed E-state index contributed by atoms with van der Waals surface area (Å²) in [7, 11) is 0. The molecule has 0 radical (unpaired) electrons. The minimum atomic E-state index is -0.628. The number of aromatic amines is 1. The second-order valence-corrected chi connectivity index (χ2v) is 5.10. The third kappa shape index (κ3) is 2.34. The maximum Gasteiger partial charge on any atom is 0.257 e. The van der Waals surface area contributed by atoms with Crippen LogP contribution >= 0.6 is 0 Å². The smallest absolute Gasteiger partial charge is 0.257 e. The number of hydrogen-bond donors (Lipinski definition) is 2. The van der Waals surface area contributed by atoms with Crippen LogP contribution in [0.2, 0.25) is 0 Å². The van der Waals surface area contributed by atoms with Gasteiger partial charge in [0.1, 0.15) is 0 Å². The van der Waals surface area contributed by atoms with E-state index in [0.29, 0.717) is 31.5 Å². The van der Waals surface area contributed by atoms with Crippen molar-refractivity contribution in [3.05, 3.63) is 17.0 Å². The van der Waals surface area contributed by atoms with Crippen molar-refractivity contribution in [1.82, 2.24) is 15.1 Å². The molecule has 17 heavy (non-hydrogen) atoms. The normalized spacial score (nSPS) is 19.4. The minimum absolute atomic E-state index is 0.0178. The lowest BCUT2D eigenvalue weighted by Gasteiger charge is -2.35. The largest absolute Gasteiger partial charge is 0.390 e.